The van der Waals surface area contributed by atoms with E-state index in [1.807, 2.05) is 12.1 Å². The minimum Gasteiger partial charge on any atom is -0.268 e. The van der Waals surface area contributed by atoms with Crippen LogP contribution in [0.1, 0.15) is 0 Å². The topological polar surface area (TPSA) is 65.7 Å². The number of rotatable bonds is 1. The predicted octanol–water partition coefficient (Wildman–Crippen LogP) is 1.49. The summed E-state index contributed by atoms with van der Waals surface area (Å²) in [6, 6.07) is 8.51. The summed E-state index contributed by atoms with van der Waals surface area (Å²) in [7, 11) is 0. The molecule has 0 amide bonds. The zero-order chi connectivity index (χ0) is 10.8. The van der Waals surface area contributed by atoms with Crippen LogP contribution in [0.4, 0.5) is 0 Å². The maximum Gasteiger partial charge on any atom is 0.270 e. The molecule has 15 heavy (non-hydrogen) atoms. The Morgan fingerprint density at radius 1 is 1.00 bits per heavy atom. The lowest BCUT2D eigenvalue weighted by Crippen LogP contribution is -2.19. The van der Waals surface area contributed by atoms with Crippen molar-refractivity contribution >= 4 is 15.9 Å². The highest BCUT2D eigenvalue weighted by atomic mass is 79.9. The number of H-pyrrole nitrogens is 2. The van der Waals surface area contributed by atoms with Crippen molar-refractivity contribution in [2.24, 2.45) is 0 Å². The SMILES string of the molecule is O=c1cc(-c2ccccc2Br)c(=O)[nH][nH]1. The van der Waals surface area contributed by atoms with Gasteiger partial charge in [-0.15, -0.1) is 0 Å². The number of hydrogen-bond donors (Lipinski definition) is 2. The van der Waals surface area contributed by atoms with Crippen molar-refractivity contribution < 1.29 is 0 Å². The smallest absolute Gasteiger partial charge is 0.268 e. The van der Waals surface area contributed by atoms with Crippen molar-refractivity contribution in [1.82, 2.24) is 10.2 Å². The molecule has 4 nitrogen and oxygen atoms in total. The van der Waals surface area contributed by atoms with Crippen LogP contribution in [0, 0.1) is 0 Å². The summed E-state index contributed by atoms with van der Waals surface area (Å²) in [5, 5.41) is 4.50. The number of aromatic amines is 2. The average molecular weight is 267 g/mol. The van der Waals surface area contributed by atoms with E-state index >= 15 is 0 Å². The molecule has 2 aromatic rings. The van der Waals surface area contributed by atoms with Crippen LogP contribution in [0.15, 0.2) is 44.4 Å². The number of benzene rings is 1. The molecule has 0 aliphatic carbocycles. The molecule has 0 atom stereocenters. The molecule has 1 aromatic heterocycles. The molecule has 0 saturated heterocycles. The van der Waals surface area contributed by atoms with Crippen LogP contribution in [0.3, 0.4) is 0 Å². The fourth-order valence-electron chi connectivity index (χ4n) is 1.30. The van der Waals surface area contributed by atoms with Gasteiger partial charge >= 0.3 is 0 Å². The van der Waals surface area contributed by atoms with E-state index in [0.717, 1.165) is 4.47 Å². The Hall–Kier alpha value is -1.62. The molecule has 2 rings (SSSR count). The third-order valence-electron chi connectivity index (χ3n) is 1.98. The van der Waals surface area contributed by atoms with E-state index in [4.69, 9.17) is 0 Å². The number of hydrogen-bond acceptors (Lipinski definition) is 2. The second-order valence-corrected chi connectivity index (χ2v) is 3.84. The summed E-state index contributed by atoms with van der Waals surface area (Å²) in [5.41, 5.74) is 0.401. The summed E-state index contributed by atoms with van der Waals surface area (Å²) in [6.45, 7) is 0. The van der Waals surface area contributed by atoms with Gasteiger partial charge in [0.05, 0.1) is 5.56 Å². The molecule has 0 aliphatic rings. The minimum absolute atomic E-state index is 0.318. The van der Waals surface area contributed by atoms with Gasteiger partial charge in [0.25, 0.3) is 11.1 Å². The molecule has 0 spiro atoms. The van der Waals surface area contributed by atoms with Gasteiger partial charge in [-0.05, 0) is 6.07 Å². The maximum absolute atomic E-state index is 11.5. The van der Waals surface area contributed by atoms with E-state index in [9.17, 15) is 9.59 Å². The van der Waals surface area contributed by atoms with E-state index in [1.54, 1.807) is 12.1 Å². The molecule has 76 valence electrons. The van der Waals surface area contributed by atoms with Gasteiger partial charge in [-0.1, -0.05) is 34.1 Å². The van der Waals surface area contributed by atoms with Gasteiger partial charge < -0.3 is 0 Å². The molecule has 0 aliphatic heterocycles. The van der Waals surface area contributed by atoms with Crippen LogP contribution in [0.5, 0.6) is 0 Å². The molecular formula is C10H7BrN2O2. The average Bonchev–Trinajstić information content (AvgIpc) is 2.23. The largest absolute Gasteiger partial charge is 0.270 e. The lowest BCUT2D eigenvalue weighted by atomic mass is 10.1. The summed E-state index contributed by atoms with van der Waals surface area (Å²) >= 11 is 3.33. The molecule has 0 saturated carbocycles. The van der Waals surface area contributed by atoms with E-state index in [-0.39, 0.29) is 11.1 Å². The van der Waals surface area contributed by atoms with E-state index < -0.39 is 0 Å². The lowest BCUT2D eigenvalue weighted by Gasteiger charge is -2.01. The van der Waals surface area contributed by atoms with Gasteiger partial charge in [0.15, 0.2) is 0 Å². The number of aromatic nitrogens is 2. The Bertz CT molecular complexity index is 601. The first-order chi connectivity index (χ1) is 7.18. The lowest BCUT2D eigenvalue weighted by molar-refractivity contribution is 0.955. The first-order valence-corrected chi connectivity index (χ1v) is 5.04. The fourth-order valence-corrected chi connectivity index (χ4v) is 1.80. The van der Waals surface area contributed by atoms with Crippen LogP contribution in [-0.2, 0) is 0 Å². The van der Waals surface area contributed by atoms with E-state index in [1.165, 1.54) is 6.07 Å². The molecule has 1 heterocycles. The minimum atomic E-state index is -0.333. The third kappa shape index (κ3) is 1.92. The van der Waals surface area contributed by atoms with Crippen LogP contribution in [0.25, 0.3) is 11.1 Å². The molecule has 1 aromatic carbocycles. The zero-order valence-electron chi connectivity index (χ0n) is 7.58. The van der Waals surface area contributed by atoms with E-state index in [2.05, 4.69) is 26.1 Å². The molecule has 5 heteroatoms. The van der Waals surface area contributed by atoms with Crippen molar-refractivity contribution in [1.29, 1.82) is 0 Å². The van der Waals surface area contributed by atoms with Crippen LogP contribution >= 0.6 is 15.9 Å². The molecule has 0 bridgehead atoms. The Balaban J connectivity index is 2.75. The van der Waals surface area contributed by atoms with Crippen molar-refractivity contribution in [2.75, 3.05) is 0 Å². The highest BCUT2D eigenvalue weighted by Gasteiger charge is 2.06. The van der Waals surface area contributed by atoms with Crippen LogP contribution in [0.2, 0.25) is 0 Å². The number of nitrogens with one attached hydrogen (secondary N) is 2. The van der Waals surface area contributed by atoms with Gasteiger partial charge in [0.2, 0.25) is 0 Å². The standard InChI is InChI=1S/C10H7BrN2O2/c11-8-4-2-1-3-6(8)7-5-9(14)12-13-10(7)15/h1-5H,(H,12,14)(H,13,15). The second-order valence-electron chi connectivity index (χ2n) is 2.98. The Kier molecular flexibility index (Phi) is 2.55. The Morgan fingerprint density at radius 3 is 2.47 bits per heavy atom. The summed E-state index contributed by atoms with van der Waals surface area (Å²) in [6.07, 6.45) is 0. The zero-order valence-corrected chi connectivity index (χ0v) is 9.17. The van der Waals surface area contributed by atoms with Gasteiger partial charge in [-0.3, -0.25) is 19.8 Å². The van der Waals surface area contributed by atoms with E-state index in [0.29, 0.717) is 11.1 Å². The summed E-state index contributed by atoms with van der Waals surface area (Å²) in [5.74, 6) is 0. The molecule has 0 unspecified atom stereocenters. The van der Waals surface area contributed by atoms with Crippen LogP contribution < -0.4 is 11.1 Å². The monoisotopic (exact) mass is 266 g/mol. The summed E-state index contributed by atoms with van der Waals surface area (Å²) in [4.78, 5) is 22.6. The molecule has 0 fully saturated rings. The Labute approximate surface area is 93.1 Å². The van der Waals surface area contributed by atoms with Gasteiger partial charge in [-0.25, -0.2) is 0 Å². The fraction of sp³-hybridized carbons (Fsp3) is 0. The normalized spacial score (nSPS) is 10.2. The highest BCUT2D eigenvalue weighted by molar-refractivity contribution is 9.10. The molecular weight excluding hydrogens is 260 g/mol. The third-order valence-corrected chi connectivity index (χ3v) is 2.67. The maximum atomic E-state index is 11.5. The molecule has 2 N–H and O–H groups in total. The summed E-state index contributed by atoms with van der Waals surface area (Å²) < 4.78 is 0.779. The predicted molar refractivity (Wildman–Crippen MR) is 60.8 cm³/mol. The van der Waals surface area contributed by atoms with Gasteiger partial charge in [0, 0.05) is 16.1 Å². The van der Waals surface area contributed by atoms with Crippen molar-refractivity contribution in [3.63, 3.8) is 0 Å². The van der Waals surface area contributed by atoms with Crippen molar-refractivity contribution in [2.45, 2.75) is 0 Å². The quantitative estimate of drug-likeness (QED) is 0.822. The first-order valence-electron chi connectivity index (χ1n) is 4.25. The highest BCUT2D eigenvalue weighted by Crippen LogP contribution is 2.23. The van der Waals surface area contributed by atoms with Gasteiger partial charge in [0.1, 0.15) is 0 Å². The second kappa shape index (κ2) is 3.86. The van der Waals surface area contributed by atoms with Crippen molar-refractivity contribution in [3.8, 4) is 11.1 Å². The Morgan fingerprint density at radius 2 is 1.73 bits per heavy atom. The number of halogens is 1. The van der Waals surface area contributed by atoms with Crippen LogP contribution in [-0.4, -0.2) is 10.2 Å². The van der Waals surface area contributed by atoms with Crippen molar-refractivity contribution in [3.05, 3.63) is 55.5 Å². The van der Waals surface area contributed by atoms with Gasteiger partial charge in [-0.2, -0.15) is 0 Å². The molecule has 0 radical (unpaired) electrons. The first kappa shape index (κ1) is 9.92.